The average molecular weight is 476 g/mol. The average Bonchev–Trinajstić information content (AvgIpc) is 3.20. The molecule has 2 atom stereocenters. The lowest BCUT2D eigenvalue weighted by Gasteiger charge is -2.21. The summed E-state index contributed by atoms with van der Waals surface area (Å²) in [6.07, 6.45) is 2.82. The van der Waals surface area contributed by atoms with Crippen molar-refractivity contribution in [3.63, 3.8) is 0 Å². The molecule has 1 saturated heterocycles. The summed E-state index contributed by atoms with van der Waals surface area (Å²) in [5.74, 6) is 2.13. The van der Waals surface area contributed by atoms with Crippen LogP contribution in [-0.4, -0.2) is 52.3 Å². The highest BCUT2D eigenvalue weighted by molar-refractivity contribution is 6.34. The summed E-state index contributed by atoms with van der Waals surface area (Å²) >= 11 is 6.49. The van der Waals surface area contributed by atoms with Crippen LogP contribution in [0.3, 0.4) is 0 Å². The first-order valence-electron chi connectivity index (χ1n) is 11.4. The highest BCUT2D eigenvalue weighted by atomic mass is 35.5. The molecule has 0 bridgehead atoms. The van der Waals surface area contributed by atoms with Crippen molar-refractivity contribution in [3.8, 4) is 11.6 Å². The van der Waals surface area contributed by atoms with E-state index in [1.54, 1.807) is 13.8 Å². The lowest BCUT2D eigenvalue weighted by atomic mass is 9.92. The number of ether oxygens (including phenoxy) is 2. The van der Waals surface area contributed by atoms with Crippen LogP contribution in [0.1, 0.15) is 58.9 Å². The van der Waals surface area contributed by atoms with Gasteiger partial charge in [0, 0.05) is 25.3 Å². The summed E-state index contributed by atoms with van der Waals surface area (Å²) in [5.41, 5.74) is 0.0169. The molecule has 0 saturated carbocycles. The Morgan fingerprint density at radius 1 is 1.24 bits per heavy atom. The molecule has 1 unspecified atom stereocenters. The van der Waals surface area contributed by atoms with Crippen molar-refractivity contribution in [2.24, 2.45) is 5.92 Å². The van der Waals surface area contributed by atoms with Crippen molar-refractivity contribution in [1.82, 2.24) is 9.97 Å². The minimum Gasteiger partial charge on any atom is -0.489 e. The molecule has 0 spiro atoms. The van der Waals surface area contributed by atoms with Gasteiger partial charge in [-0.3, -0.25) is 4.79 Å². The van der Waals surface area contributed by atoms with Gasteiger partial charge in [0.25, 0.3) is 0 Å². The predicted molar refractivity (Wildman–Crippen MR) is 129 cm³/mol. The van der Waals surface area contributed by atoms with E-state index < -0.39 is 5.60 Å². The van der Waals surface area contributed by atoms with E-state index in [4.69, 9.17) is 21.1 Å². The van der Waals surface area contributed by atoms with Gasteiger partial charge in [-0.2, -0.15) is 0 Å². The Bertz CT molecular complexity index is 944. The Hall–Kier alpha value is -2.38. The van der Waals surface area contributed by atoms with Gasteiger partial charge >= 0.3 is 0 Å². The Morgan fingerprint density at radius 3 is 2.58 bits per heavy atom. The lowest BCUT2D eigenvalue weighted by Crippen LogP contribution is -2.29. The Labute approximate surface area is 201 Å². The maximum atomic E-state index is 12.4. The molecule has 180 valence electrons. The zero-order valence-electron chi connectivity index (χ0n) is 20.0. The largest absolute Gasteiger partial charge is 0.489 e. The van der Waals surface area contributed by atoms with Gasteiger partial charge in [-0.15, -0.1) is 0 Å². The molecular formula is C25H34ClN3O4. The highest BCUT2D eigenvalue weighted by Crippen LogP contribution is 2.33. The quantitative estimate of drug-likeness (QED) is 0.535. The summed E-state index contributed by atoms with van der Waals surface area (Å²) in [7, 11) is 0. The zero-order chi connectivity index (χ0) is 24.2. The van der Waals surface area contributed by atoms with Crippen LogP contribution in [0, 0.1) is 5.92 Å². The first-order chi connectivity index (χ1) is 15.5. The van der Waals surface area contributed by atoms with Crippen molar-refractivity contribution in [1.29, 1.82) is 0 Å². The number of rotatable bonds is 10. The SMILES string of the molecule is CC(C)CC(=O)C(C)c1ccc(O[C@@H]2CCN(c3ncnc(OCC(C)(C)O)c3Cl)C2)cc1. The normalized spacial score (nSPS) is 17.3. The number of carbonyl (C=O) groups is 1. The molecule has 3 rings (SSSR count). The van der Waals surface area contributed by atoms with Gasteiger partial charge < -0.3 is 19.5 Å². The molecular weight excluding hydrogens is 442 g/mol. The van der Waals surface area contributed by atoms with Crippen LogP contribution < -0.4 is 14.4 Å². The summed E-state index contributed by atoms with van der Waals surface area (Å²) < 4.78 is 11.7. The number of nitrogens with zero attached hydrogens (tertiary/aromatic N) is 3. The number of aliphatic hydroxyl groups is 1. The van der Waals surface area contributed by atoms with Gasteiger partial charge in [0.05, 0.1) is 12.1 Å². The van der Waals surface area contributed by atoms with Crippen molar-refractivity contribution in [2.45, 2.75) is 65.1 Å². The second-order valence-electron chi connectivity index (χ2n) is 9.75. The maximum Gasteiger partial charge on any atom is 0.238 e. The van der Waals surface area contributed by atoms with Crippen LogP contribution in [0.4, 0.5) is 5.82 Å². The van der Waals surface area contributed by atoms with Crippen LogP contribution in [0.2, 0.25) is 5.02 Å². The molecule has 1 fully saturated rings. The minimum absolute atomic E-state index is 0.0115. The number of carbonyl (C=O) groups excluding carboxylic acids is 1. The number of aromatic nitrogens is 2. The summed E-state index contributed by atoms with van der Waals surface area (Å²) in [6.45, 7) is 10.8. The van der Waals surface area contributed by atoms with Crippen molar-refractivity contribution in [3.05, 3.63) is 41.2 Å². The van der Waals surface area contributed by atoms with Crippen LogP contribution in [-0.2, 0) is 4.79 Å². The molecule has 1 aliphatic heterocycles. The first kappa shape index (κ1) is 25.2. The van der Waals surface area contributed by atoms with E-state index >= 15 is 0 Å². The van der Waals surface area contributed by atoms with E-state index in [1.807, 2.05) is 36.1 Å². The lowest BCUT2D eigenvalue weighted by molar-refractivity contribution is -0.120. The monoisotopic (exact) mass is 475 g/mol. The number of halogens is 1. The molecule has 33 heavy (non-hydrogen) atoms. The molecule has 0 aliphatic carbocycles. The molecule has 1 N–H and O–H groups in total. The van der Waals surface area contributed by atoms with Gasteiger partial charge in [0.1, 0.15) is 35.6 Å². The fourth-order valence-corrected chi connectivity index (χ4v) is 3.99. The minimum atomic E-state index is -0.990. The fourth-order valence-electron chi connectivity index (χ4n) is 3.72. The second-order valence-corrected chi connectivity index (χ2v) is 10.1. The van der Waals surface area contributed by atoms with E-state index in [1.165, 1.54) is 6.33 Å². The molecule has 0 amide bonds. The second kappa shape index (κ2) is 10.7. The third kappa shape index (κ3) is 7.05. The fraction of sp³-hybridized carbons (Fsp3) is 0.560. The van der Waals surface area contributed by atoms with Crippen molar-refractivity contribution >= 4 is 23.2 Å². The van der Waals surface area contributed by atoms with E-state index in [9.17, 15) is 9.90 Å². The van der Waals surface area contributed by atoms with Crippen LogP contribution in [0.25, 0.3) is 0 Å². The van der Waals surface area contributed by atoms with Gasteiger partial charge in [-0.25, -0.2) is 9.97 Å². The summed E-state index contributed by atoms with van der Waals surface area (Å²) in [5, 5.41) is 10.2. The number of hydrogen-bond acceptors (Lipinski definition) is 7. The van der Waals surface area contributed by atoms with Gasteiger partial charge in [0.2, 0.25) is 5.88 Å². The number of benzene rings is 1. The van der Waals surface area contributed by atoms with Crippen molar-refractivity contribution in [2.75, 3.05) is 24.6 Å². The Morgan fingerprint density at radius 2 is 1.94 bits per heavy atom. The van der Waals surface area contributed by atoms with Crippen LogP contribution in [0.15, 0.2) is 30.6 Å². The zero-order valence-corrected chi connectivity index (χ0v) is 20.8. The standard InChI is InChI=1S/C25H34ClN3O4/c1-16(2)12-21(30)17(3)18-6-8-19(9-7-18)33-20-10-11-29(13-20)23-22(26)24(28-15-27-23)32-14-25(4,5)31/h6-9,15-17,20,31H,10-14H2,1-5H3/t17?,20-/m1/s1. The van der Waals surface area contributed by atoms with Crippen LogP contribution in [0.5, 0.6) is 11.6 Å². The van der Waals surface area contributed by atoms with Gasteiger partial charge in [-0.05, 0) is 37.5 Å². The molecule has 1 aliphatic rings. The summed E-state index contributed by atoms with van der Waals surface area (Å²) in [4.78, 5) is 22.8. The number of ketones is 1. The van der Waals surface area contributed by atoms with E-state index in [-0.39, 0.29) is 30.3 Å². The topological polar surface area (TPSA) is 84.8 Å². The van der Waals surface area contributed by atoms with Crippen molar-refractivity contribution < 1.29 is 19.4 Å². The molecule has 8 heteroatoms. The third-order valence-electron chi connectivity index (χ3n) is 5.52. The third-order valence-corrected chi connectivity index (χ3v) is 5.85. The van der Waals surface area contributed by atoms with E-state index in [2.05, 4.69) is 23.8 Å². The molecule has 1 aromatic heterocycles. The maximum absolute atomic E-state index is 12.4. The molecule has 2 heterocycles. The van der Waals surface area contributed by atoms with Gasteiger partial charge in [0.15, 0.2) is 5.82 Å². The predicted octanol–water partition coefficient (Wildman–Crippen LogP) is 4.66. The van der Waals surface area contributed by atoms with Gasteiger partial charge in [-0.1, -0.05) is 44.5 Å². The molecule has 0 radical (unpaired) electrons. The molecule has 7 nitrogen and oxygen atoms in total. The first-order valence-corrected chi connectivity index (χ1v) is 11.8. The Kier molecular flexibility index (Phi) is 8.19. The number of anilines is 1. The Balaban J connectivity index is 1.59. The van der Waals surface area contributed by atoms with Crippen LogP contribution >= 0.6 is 11.6 Å². The van der Waals surface area contributed by atoms with E-state index in [0.717, 1.165) is 24.3 Å². The van der Waals surface area contributed by atoms with E-state index in [0.29, 0.717) is 29.7 Å². The summed E-state index contributed by atoms with van der Waals surface area (Å²) in [6, 6.07) is 7.80. The molecule has 2 aromatic rings. The number of hydrogen-bond donors (Lipinski definition) is 1. The number of Topliss-reactive ketones (excluding diaryl/α,β-unsaturated/α-hetero) is 1. The molecule has 1 aromatic carbocycles. The smallest absolute Gasteiger partial charge is 0.238 e. The highest BCUT2D eigenvalue weighted by Gasteiger charge is 2.28.